The fraction of sp³-hybridized carbons (Fsp3) is 0.625. The Morgan fingerprint density at radius 1 is 1.11 bits per heavy atom. The van der Waals surface area contributed by atoms with Crippen LogP contribution in [0.4, 0.5) is 0 Å². The van der Waals surface area contributed by atoms with Gasteiger partial charge in [0.15, 0.2) is 0 Å². The van der Waals surface area contributed by atoms with E-state index in [2.05, 4.69) is 24.0 Å². The Kier molecular flexibility index (Phi) is 5.68. The third-order valence-corrected chi connectivity index (χ3v) is 4.21. The van der Waals surface area contributed by atoms with Gasteiger partial charge in [0.05, 0.1) is 0 Å². The van der Waals surface area contributed by atoms with Crippen molar-refractivity contribution in [3.8, 4) is 0 Å². The summed E-state index contributed by atoms with van der Waals surface area (Å²) in [6, 6.07) is 8.58. The summed E-state index contributed by atoms with van der Waals surface area (Å²) >= 11 is 6.13. The first kappa shape index (κ1) is 14.8. The summed E-state index contributed by atoms with van der Waals surface area (Å²) in [5.41, 5.74) is 7.51. The molecule has 19 heavy (non-hydrogen) atoms. The van der Waals surface area contributed by atoms with E-state index < -0.39 is 0 Å². The lowest BCUT2D eigenvalue weighted by atomic mass is 9.97. The van der Waals surface area contributed by atoms with Crippen molar-refractivity contribution in [1.29, 1.82) is 0 Å². The maximum absolute atomic E-state index is 6.25. The molecule has 2 nitrogen and oxygen atoms in total. The predicted octanol–water partition coefficient (Wildman–Crippen LogP) is 3.99. The van der Waals surface area contributed by atoms with Gasteiger partial charge in [-0.3, -0.25) is 4.90 Å². The van der Waals surface area contributed by atoms with Crippen molar-refractivity contribution in [2.24, 2.45) is 5.73 Å². The number of likely N-dealkylation sites (tertiary alicyclic amines) is 1. The summed E-state index contributed by atoms with van der Waals surface area (Å²) in [6.07, 6.45) is 6.64. The first-order valence-corrected chi connectivity index (χ1v) is 7.81. The molecule has 1 aliphatic heterocycles. The molecular weight excluding hydrogens is 256 g/mol. The Labute approximate surface area is 121 Å². The number of hydrogen-bond acceptors (Lipinski definition) is 2. The van der Waals surface area contributed by atoms with Gasteiger partial charge in [-0.2, -0.15) is 0 Å². The van der Waals surface area contributed by atoms with E-state index in [1.165, 1.54) is 37.7 Å². The van der Waals surface area contributed by atoms with Crippen molar-refractivity contribution < 1.29 is 0 Å². The number of halogens is 1. The lowest BCUT2D eigenvalue weighted by Crippen LogP contribution is -2.41. The molecule has 2 unspecified atom stereocenters. The monoisotopic (exact) mass is 280 g/mol. The standard InChI is InChI=1S/C16H25ClN2/c1-13(18)16(14-8-7-9-15(17)12-14)19-10-5-3-2-4-6-11-19/h7-9,12-13,16H,2-6,10-11,18H2,1H3. The quantitative estimate of drug-likeness (QED) is 0.907. The van der Waals surface area contributed by atoms with Gasteiger partial charge in [-0.15, -0.1) is 0 Å². The molecule has 1 fully saturated rings. The van der Waals surface area contributed by atoms with E-state index in [-0.39, 0.29) is 12.1 Å². The lowest BCUT2D eigenvalue weighted by molar-refractivity contribution is 0.161. The molecule has 1 heterocycles. The molecule has 1 saturated heterocycles. The highest BCUT2D eigenvalue weighted by molar-refractivity contribution is 6.30. The maximum Gasteiger partial charge on any atom is 0.0496 e. The first-order valence-electron chi connectivity index (χ1n) is 7.43. The van der Waals surface area contributed by atoms with Crippen molar-refractivity contribution in [3.05, 3.63) is 34.9 Å². The Morgan fingerprint density at radius 2 is 1.74 bits per heavy atom. The second-order valence-corrected chi connectivity index (χ2v) is 6.10. The average Bonchev–Trinajstić information content (AvgIpc) is 2.31. The molecule has 0 amide bonds. The molecule has 3 heteroatoms. The Balaban J connectivity index is 2.18. The molecule has 1 aliphatic rings. The normalized spacial score (nSPS) is 21.4. The van der Waals surface area contributed by atoms with E-state index in [0.29, 0.717) is 0 Å². The molecule has 106 valence electrons. The molecule has 0 spiro atoms. The number of nitrogens with zero attached hydrogens (tertiary/aromatic N) is 1. The molecule has 2 rings (SSSR count). The van der Waals surface area contributed by atoms with Crippen LogP contribution in [0.25, 0.3) is 0 Å². The van der Waals surface area contributed by atoms with Gasteiger partial charge < -0.3 is 5.73 Å². The smallest absolute Gasteiger partial charge is 0.0496 e. The molecule has 0 aliphatic carbocycles. The summed E-state index contributed by atoms with van der Waals surface area (Å²) in [5, 5.41) is 0.801. The van der Waals surface area contributed by atoms with Gasteiger partial charge in [-0.05, 0) is 50.6 Å². The van der Waals surface area contributed by atoms with Gasteiger partial charge in [0.25, 0.3) is 0 Å². The number of nitrogens with two attached hydrogens (primary N) is 1. The third-order valence-electron chi connectivity index (χ3n) is 3.97. The van der Waals surface area contributed by atoms with Crippen LogP contribution in [0.15, 0.2) is 24.3 Å². The van der Waals surface area contributed by atoms with Crippen LogP contribution in [0.2, 0.25) is 5.02 Å². The fourth-order valence-electron chi connectivity index (χ4n) is 3.09. The van der Waals surface area contributed by atoms with Crippen molar-refractivity contribution >= 4 is 11.6 Å². The predicted molar refractivity (Wildman–Crippen MR) is 82.5 cm³/mol. The third kappa shape index (κ3) is 4.20. The second kappa shape index (κ2) is 7.28. The summed E-state index contributed by atoms with van der Waals surface area (Å²) in [6.45, 7) is 4.40. The van der Waals surface area contributed by atoms with Crippen LogP contribution < -0.4 is 5.73 Å². The van der Waals surface area contributed by atoms with Gasteiger partial charge in [-0.1, -0.05) is 43.0 Å². The highest BCUT2D eigenvalue weighted by Crippen LogP contribution is 2.27. The Morgan fingerprint density at radius 3 is 2.32 bits per heavy atom. The van der Waals surface area contributed by atoms with E-state index in [1.54, 1.807) is 0 Å². The summed E-state index contributed by atoms with van der Waals surface area (Å²) in [4.78, 5) is 2.55. The van der Waals surface area contributed by atoms with Gasteiger partial charge >= 0.3 is 0 Å². The van der Waals surface area contributed by atoms with Crippen LogP contribution in [0.3, 0.4) is 0 Å². The van der Waals surface area contributed by atoms with Gasteiger partial charge in [0, 0.05) is 17.1 Å². The zero-order valence-corrected chi connectivity index (χ0v) is 12.6. The van der Waals surface area contributed by atoms with Crippen molar-refractivity contribution in [3.63, 3.8) is 0 Å². The summed E-state index contributed by atoms with van der Waals surface area (Å²) < 4.78 is 0. The number of hydrogen-bond donors (Lipinski definition) is 1. The molecule has 0 saturated carbocycles. The van der Waals surface area contributed by atoms with Gasteiger partial charge in [0.1, 0.15) is 0 Å². The van der Waals surface area contributed by atoms with E-state index in [1.807, 2.05) is 12.1 Å². The van der Waals surface area contributed by atoms with Crippen molar-refractivity contribution in [2.75, 3.05) is 13.1 Å². The van der Waals surface area contributed by atoms with Crippen LogP contribution >= 0.6 is 11.6 Å². The number of rotatable bonds is 3. The summed E-state index contributed by atoms with van der Waals surface area (Å²) in [7, 11) is 0. The average molecular weight is 281 g/mol. The highest BCUT2D eigenvalue weighted by Gasteiger charge is 2.24. The van der Waals surface area contributed by atoms with E-state index >= 15 is 0 Å². The summed E-state index contributed by atoms with van der Waals surface area (Å²) in [5.74, 6) is 0. The largest absolute Gasteiger partial charge is 0.326 e. The van der Waals surface area contributed by atoms with E-state index in [9.17, 15) is 0 Å². The minimum atomic E-state index is 0.123. The van der Waals surface area contributed by atoms with Crippen LogP contribution in [0.5, 0.6) is 0 Å². The van der Waals surface area contributed by atoms with Crippen LogP contribution in [0, 0.1) is 0 Å². The molecule has 0 aromatic heterocycles. The van der Waals surface area contributed by atoms with Crippen molar-refractivity contribution in [2.45, 2.75) is 51.1 Å². The molecular formula is C16H25ClN2. The van der Waals surface area contributed by atoms with Gasteiger partial charge in [0.2, 0.25) is 0 Å². The van der Waals surface area contributed by atoms with Crippen LogP contribution in [-0.4, -0.2) is 24.0 Å². The van der Waals surface area contributed by atoms with Crippen molar-refractivity contribution in [1.82, 2.24) is 4.90 Å². The molecule has 2 N–H and O–H groups in total. The van der Waals surface area contributed by atoms with Gasteiger partial charge in [-0.25, -0.2) is 0 Å². The Hall–Kier alpha value is -0.570. The molecule has 0 radical (unpaired) electrons. The molecule has 0 bridgehead atoms. The minimum absolute atomic E-state index is 0.123. The Bertz CT molecular complexity index is 384. The van der Waals surface area contributed by atoms with E-state index in [0.717, 1.165) is 18.1 Å². The van der Waals surface area contributed by atoms with Crippen LogP contribution in [-0.2, 0) is 0 Å². The second-order valence-electron chi connectivity index (χ2n) is 5.66. The number of benzene rings is 1. The fourth-order valence-corrected chi connectivity index (χ4v) is 3.29. The molecule has 2 atom stereocenters. The SMILES string of the molecule is CC(N)C(c1cccc(Cl)c1)N1CCCCCCC1. The first-order chi connectivity index (χ1) is 9.18. The molecule has 1 aromatic carbocycles. The zero-order valence-electron chi connectivity index (χ0n) is 11.8. The lowest BCUT2D eigenvalue weighted by Gasteiger charge is -2.35. The zero-order chi connectivity index (χ0) is 13.7. The molecule has 1 aromatic rings. The van der Waals surface area contributed by atoms with E-state index in [4.69, 9.17) is 17.3 Å². The van der Waals surface area contributed by atoms with Crippen LogP contribution in [0.1, 0.15) is 50.6 Å². The maximum atomic E-state index is 6.25. The highest BCUT2D eigenvalue weighted by atomic mass is 35.5. The minimum Gasteiger partial charge on any atom is -0.326 e. The topological polar surface area (TPSA) is 29.3 Å².